The summed E-state index contributed by atoms with van der Waals surface area (Å²) >= 11 is 0. The van der Waals surface area contributed by atoms with Crippen LogP contribution in [0.4, 0.5) is 10.1 Å². The molecule has 1 aliphatic rings. The largest absolute Gasteiger partial charge is 0.465 e. The average molecular weight is 464 g/mol. The number of rotatable bonds is 7. The van der Waals surface area contributed by atoms with E-state index in [9.17, 15) is 14.4 Å². The van der Waals surface area contributed by atoms with Gasteiger partial charge in [0.05, 0.1) is 18.9 Å². The quantitative estimate of drug-likeness (QED) is 0.514. The fourth-order valence-corrected chi connectivity index (χ4v) is 4.22. The van der Waals surface area contributed by atoms with Crippen molar-refractivity contribution in [2.75, 3.05) is 12.0 Å². The average Bonchev–Trinajstić information content (AvgIpc) is 3.57. The minimum absolute atomic E-state index is 0.00736. The molecule has 0 aliphatic heterocycles. The molecule has 0 radical (unpaired) electrons. The summed E-state index contributed by atoms with van der Waals surface area (Å²) in [5.74, 6) is -2.27. The van der Waals surface area contributed by atoms with Gasteiger partial charge in [-0.25, -0.2) is 9.18 Å². The summed E-state index contributed by atoms with van der Waals surface area (Å²) in [5.41, 5.74) is 0.619. The lowest BCUT2D eigenvalue weighted by Crippen LogP contribution is -2.46. The standard InChI is InChI=1S/C26H25FN2O5/c1-33-26(32)17-12-14-19(15-13-17)29(25(31)22-11-6-16-34-22)23(20-9-4-5-10-21(20)27)24(30)28-18-7-2-3-8-18/h4-6,9-16,18,23H,2-3,7-8H2,1H3,(H,28,30)/t23-/m0/s1. The fraction of sp³-hybridized carbons (Fsp3) is 0.269. The number of carbonyl (C=O) groups is 3. The summed E-state index contributed by atoms with van der Waals surface area (Å²) < 4.78 is 25.1. The first-order chi connectivity index (χ1) is 16.5. The Bertz CT molecular complexity index is 1150. The van der Waals surface area contributed by atoms with Gasteiger partial charge >= 0.3 is 5.97 Å². The van der Waals surface area contributed by atoms with Crippen LogP contribution >= 0.6 is 0 Å². The molecule has 176 valence electrons. The lowest BCUT2D eigenvalue weighted by atomic mass is 10.0. The zero-order valence-electron chi connectivity index (χ0n) is 18.7. The Kier molecular flexibility index (Phi) is 7.06. The van der Waals surface area contributed by atoms with Crippen LogP contribution in [0, 0.1) is 5.82 Å². The first kappa shape index (κ1) is 23.2. The summed E-state index contributed by atoms with van der Waals surface area (Å²) in [6, 6.07) is 13.6. The third-order valence-electron chi connectivity index (χ3n) is 5.93. The molecular weight excluding hydrogens is 439 g/mol. The van der Waals surface area contributed by atoms with Crippen LogP contribution in [-0.4, -0.2) is 30.9 Å². The van der Waals surface area contributed by atoms with E-state index in [1.54, 1.807) is 12.1 Å². The second-order valence-electron chi connectivity index (χ2n) is 8.10. The summed E-state index contributed by atoms with van der Waals surface area (Å²) in [7, 11) is 1.27. The lowest BCUT2D eigenvalue weighted by molar-refractivity contribution is -0.123. The van der Waals surface area contributed by atoms with Crippen LogP contribution in [0.25, 0.3) is 0 Å². The number of ether oxygens (including phenoxy) is 1. The fourth-order valence-electron chi connectivity index (χ4n) is 4.22. The molecule has 0 spiro atoms. The van der Waals surface area contributed by atoms with E-state index >= 15 is 4.39 Å². The highest BCUT2D eigenvalue weighted by molar-refractivity contribution is 6.09. The maximum atomic E-state index is 15.0. The number of amides is 2. The number of nitrogens with one attached hydrogen (secondary N) is 1. The van der Waals surface area contributed by atoms with Gasteiger partial charge in [0, 0.05) is 17.3 Å². The molecular formula is C26H25FN2O5. The van der Waals surface area contributed by atoms with Gasteiger partial charge in [-0.05, 0) is 55.3 Å². The predicted molar refractivity (Wildman–Crippen MR) is 123 cm³/mol. The van der Waals surface area contributed by atoms with E-state index in [0.717, 1.165) is 25.7 Å². The third-order valence-corrected chi connectivity index (χ3v) is 5.93. The van der Waals surface area contributed by atoms with Crippen LogP contribution < -0.4 is 10.2 Å². The maximum Gasteiger partial charge on any atom is 0.337 e. The number of hydrogen-bond donors (Lipinski definition) is 1. The van der Waals surface area contributed by atoms with Crippen molar-refractivity contribution < 1.29 is 27.9 Å². The van der Waals surface area contributed by atoms with E-state index in [-0.39, 0.29) is 22.9 Å². The molecule has 2 amide bonds. The number of nitrogens with zero attached hydrogens (tertiary/aromatic N) is 1. The van der Waals surface area contributed by atoms with Gasteiger partial charge in [-0.2, -0.15) is 0 Å². The predicted octanol–water partition coefficient (Wildman–Crippen LogP) is 4.65. The van der Waals surface area contributed by atoms with E-state index < -0.39 is 29.6 Å². The monoisotopic (exact) mass is 464 g/mol. The molecule has 1 atom stereocenters. The van der Waals surface area contributed by atoms with Crippen molar-refractivity contribution >= 4 is 23.5 Å². The highest BCUT2D eigenvalue weighted by Crippen LogP contribution is 2.32. The molecule has 34 heavy (non-hydrogen) atoms. The molecule has 0 bridgehead atoms. The van der Waals surface area contributed by atoms with Crippen LogP contribution in [-0.2, 0) is 9.53 Å². The van der Waals surface area contributed by atoms with Gasteiger partial charge in [0.2, 0.25) is 5.91 Å². The van der Waals surface area contributed by atoms with Crippen molar-refractivity contribution in [2.24, 2.45) is 0 Å². The Balaban J connectivity index is 1.81. The molecule has 3 aromatic rings. The zero-order chi connectivity index (χ0) is 24.1. The molecule has 2 aromatic carbocycles. The zero-order valence-corrected chi connectivity index (χ0v) is 18.7. The molecule has 0 saturated heterocycles. The molecule has 0 unspecified atom stereocenters. The van der Waals surface area contributed by atoms with Crippen LogP contribution in [0.1, 0.15) is 58.2 Å². The smallest absolute Gasteiger partial charge is 0.337 e. The van der Waals surface area contributed by atoms with Gasteiger partial charge < -0.3 is 14.5 Å². The normalized spacial score (nSPS) is 14.4. The molecule has 1 N–H and O–H groups in total. The number of benzene rings is 2. The molecule has 1 aliphatic carbocycles. The minimum atomic E-state index is -1.30. The van der Waals surface area contributed by atoms with Crippen molar-refractivity contribution in [3.8, 4) is 0 Å². The molecule has 1 fully saturated rings. The van der Waals surface area contributed by atoms with Gasteiger partial charge in [-0.3, -0.25) is 14.5 Å². The molecule has 4 rings (SSSR count). The number of halogens is 1. The minimum Gasteiger partial charge on any atom is -0.465 e. The van der Waals surface area contributed by atoms with Gasteiger partial charge in [0.25, 0.3) is 5.91 Å². The van der Waals surface area contributed by atoms with E-state index in [1.165, 1.54) is 66.8 Å². The van der Waals surface area contributed by atoms with Crippen molar-refractivity contribution in [1.82, 2.24) is 5.32 Å². The van der Waals surface area contributed by atoms with Crippen LogP contribution in [0.5, 0.6) is 0 Å². The molecule has 1 saturated carbocycles. The van der Waals surface area contributed by atoms with E-state index in [4.69, 9.17) is 9.15 Å². The van der Waals surface area contributed by atoms with Gasteiger partial charge in [0.1, 0.15) is 11.9 Å². The van der Waals surface area contributed by atoms with Crippen molar-refractivity contribution in [1.29, 1.82) is 0 Å². The molecule has 8 heteroatoms. The van der Waals surface area contributed by atoms with Crippen LogP contribution in [0.3, 0.4) is 0 Å². The number of methoxy groups -OCH3 is 1. The van der Waals surface area contributed by atoms with E-state index in [1.807, 2.05) is 0 Å². The van der Waals surface area contributed by atoms with Crippen LogP contribution in [0.15, 0.2) is 71.3 Å². The third kappa shape index (κ3) is 4.85. The second-order valence-corrected chi connectivity index (χ2v) is 8.10. The Hall–Kier alpha value is -3.94. The topological polar surface area (TPSA) is 88.8 Å². The van der Waals surface area contributed by atoms with Crippen molar-refractivity contribution in [3.63, 3.8) is 0 Å². The second kappa shape index (κ2) is 10.3. The number of anilines is 1. The number of esters is 1. The van der Waals surface area contributed by atoms with Gasteiger partial charge in [0.15, 0.2) is 5.76 Å². The van der Waals surface area contributed by atoms with E-state index in [0.29, 0.717) is 5.69 Å². The number of hydrogen-bond acceptors (Lipinski definition) is 5. The van der Waals surface area contributed by atoms with Gasteiger partial charge in [-0.1, -0.05) is 31.0 Å². The Morgan fingerprint density at radius 3 is 2.35 bits per heavy atom. The van der Waals surface area contributed by atoms with Crippen molar-refractivity contribution in [2.45, 2.75) is 37.8 Å². The Morgan fingerprint density at radius 1 is 1.03 bits per heavy atom. The summed E-state index contributed by atoms with van der Waals surface area (Å²) in [5, 5.41) is 2.99. The van der Waals surface area contributed by atoms with Gasteiger partial charge in [-0.15, -0.1) is 0 Å². The molecule has 1 heterocycles. The Morgan fingerprint density at radius 2 is 1.74 bits per heavy atom. The lowest BCUT2D eigenvalue weighted by Gasteiger charge is -2.32. The highest BCUT2D eigenvalue weighted by atomic mass is 19.1. The number of carbonyl (C=O) groups excluding carboxylic acids is 3. The van der Waals surface area contributed by atoms with E-state index in [2.05, 4.69) is 5.32 Å². The summed E-state index contributed by atoms with van der Waals surface area (Å²) in [6.45, 7) is 0. The highest BCUT2D eigenvalue weighted by Gasteiger charge is 2.37. The Labute approximate surface area is 196 Å². The first-order valence-electron chi connectivity index (χ1n) is 11.1. The summed E-state index contributed by atoms with van der Waals surface area (Å²) in [4.78, 5) is 40.3. The van der Waals surface area contributed by atoms with Crippen LogP contribution in [0.2, 0.25) is 0 Å². The maximum absolute atomic E-state index is 15.0. The number of furan rings is 1. The summed E-state index contributed by atoms with van der Waals surface area (Å²) in [6.07, 6.45) is 5.01. The first-order valence-corrected chi connectivity index (χ1v) is 11.1. The SMILES string of the molecule is COC(=O)c1ccc(N(C(=O)c2ccco2)[C@H](C(=O)NC2CCCC2)c2ccccc2F)cc1. The molecule has 1 aromatic heterocycles. The van der Waals surface area contributed by atoms with Crippen molar-refractivity contribution in [3.05, 3.63) is 89.6 Å². The molecule has 7 nitrogen and oxygen atoms in total.